The second-order valence-corrected chi connectivity index (χ2v) is 2.63. The van der Waals surface area contributed by atoms with E-state index in [-0.39, 0.29) is 0 Å². The van der Waals surface area contributed by atoms with Gasteiger partial charge in [-0.3, -0.25) is 4.98 Å². The third-order valence-corrected chi connectivity index (χ3v) is 1.58. The third-order valence-electron chi connectivity index (χ3n) is 1.58. The van der Waals surface area contributed by atoms with Crippen molar-refractivity contribution in [3.63, 3.8) is 0 Å². The lowest BCUT2D eigenvalue weighted by Gasteiger charge is -2.08. The normalized spacial score (nSPS) is 9.21. The van der Waals surface area contributed by atoms with Crippen LogP contribution in [0.5, 0.6) is 0 Å². The summed E-state index contributed by atoms with van der Waals surface area (Å²) in [6.45, 7) is 0.326. The van der Waals surface area contributed by atoms with Crippen molar-refractivity contribution in [2.24, 2.45) is 5.29 Å². The third kappa shape index (κ3) is 2.81. The molecule has 0 radical (unpaired) electrons. The minimum Gasteiger partial charge on any atom is -0.332 e. The summed E-state index contributed by atoms with van der Waals surface area (Å²) in [5, 5.41) is 5.65. The molecule has 6 nitrogen and oxygen atoms in total. The number of hydrogen-bond donors (Lipinski definition) is 1. The van der Waals surface area contributed by atoms with Crippen LogP contribution in [0.2, 0.25) is 0 Å². The molecule has 0 fully saturated rings. The van der Waals surface area contributed by atoms with Gasteiger partial charge in [0.15, 0.2) is 0 Å². The number of aromatic nitrogens is 1. The Hall–Kier alpha value is -1.98. The molecule has 0 bridgehead atoms. The molecule has 2 amide bonds. The second kappa shape index (κ2) is 4.90. The van der Waals surface area contributed by atoms with E-state index in [0.29, 0.717) is 11.6 Å². The van der Waals surface area contributed by atoms with E-state index in [1.165, 1.54) is 7.05 Å². The zero-order valence-corrected chi connectivity index (χ0v) is 7.67. The van der Waals surface area contributed by atoms with Crippen molar-refractivity contribution < 1.29 is 4.79 Å². The molecule has 1 N–H and O–H groups in total. The number of urea groups is 1. The van der Waals surface area contributed by atoms with Gasteiger partial charge >= 0.3 is 6.03 Å². The van der Waals surface area contributed by atoms with E-state index in [0.717, 1.165) is 5.56 Å². The number of nitrogens with one attached hydrogen (secondary N) is 1. The molecule has 0 aliphatic rings. The molecule has 0 atom stereocenters. The van der Waals surface area contributed by atoms with Crippen LogP contribution < -0.4 is 5.32 Å². The molecule has 0 saturated carbocycles. The molecular formula is C8H10N4O2. The first kappa shape index (κ1) is 10.1. The maximum atomic E-state index is 11.0. The summed E-state index contributed by atoms with van der Waals surface area (Å²) >= 11 is 0. The van der Waals surface area contributed by atoms with Crippen LogP contribution >= 0.6 is 0 Å². The summed E-state index contributed by atoms with van der Waals surface area (Å²) < 4.78 is 0. The van der Waals surface area contributed by atoms with Gasteiger partial charge in [0, 0.05) is 26.0 Å². The van der Waals surface area contributed by atoms with Gasteiger partial charge in [-0.15, -0.1) is 4.91 Å². The van der Waals surface area contributed by atoms with Crippen LogP contribution in [-0.2, 0) is 6.54 Å². The maximum Gasteiger partial charge on any atom is 0.340 e. The predicted octanol–water partition coefficient (Wildman–Crippen LogP) is 0.904. The standard InChI is InChI=1S/C8H10N4O2/c1-12(11-14)8(13)10-6-7-3-2-4-9-5-7/h2-5H,6H2,1H3,(H,10,13). The number of nitrogens with zero attached hydrogens (tertiary/aromatic N) is 3. The monoisotopic (exact) mass is 194 g/mol. The highest BCUT2D eigenvalue weighted by atomic mass is 16.3. The van der Waals surface area contributed by atoms with Crippen molar-refractivity contribution in [2.45, 2.75) is 6.54 Å². The Bertz CT molecular complexity index is 314. The van der Waals surface area contributed by atoms with Gasteiger partial charge in [-0.05, 0) is 11.6 Å². The summed E-state index contributed by atoms with van der Waals surface area (Å²) in [4.78, 5) is 24.9. The lowest BCUT2D eigenvalue weighted by Crippen LogP contribution is -2.33. The van der Waals surface area contributed by atoms with Crippen molar-refractivity contribution in [2.75, 3.05) is 7.05 Å². The number of pyridine rings is 1. The van der Waals surface area contributed by atoms with E-state index >= 15 is 0 Å². The number of carbonyl (C=O) groups is 1. The molecule has 1 rings (SSSR count). The van der Waals surface area contributed by atoms with Crippen molar-refractivity contribution >= 4 is 6.03 Å². The molecule has 0 unspecified atom stereocenters. The molecule has 74 valence electrons. The van der Waals surface area contributed by atoms with E-state index < -0.39 is 6.03 Å². The number of carbonyl (C=O) groups excluding carboxylic acids is 1. The van der Waals surface area contributed by atoms with Gasteiger partial charge in [0.2, 0.25) is 0 Å². The van der Waals surface area contributed by atoms with Crippen LogP contribution in [0.3, 0.4) is 0 Å². The summed E-state index contributed by atoms with van der Waals surface area (Å²) in [6.07, 6.45) is 3.28. The second-order valence-electron chi connectivity index (χ2n) is 2.63. The zero-order chi connectivity index (χ0) is 10.4. The first-order valence-corrected chi connectivity index (χ1v) is 3.98. The highest BCUT2D eigenvalue weighted by Gasteiger charge is 2.06. The largest absolute Gasteiger partial charge is 0.340 e. The molecule has 0 aliphatic heterocycles. The molecule has 14 heavy (non-hydrogen) atoms. The Morgan fingerprint density at radius 1 is 1.71 bits per heavy atom. The topological polar surface area (TPSA) is 74.7 Å². The predicted molar refractivity (Wildman–Crippen MR) is 50.0 cm³/mol. The van der Waals surface area contributed by atoms with Crippen LogP contribution in [0.1, 0.15) is 5.56 Å². The van der Waals surface area contributed by atoms with Crippen LogP contribution in [-0.4, -0.2) is 23.1 Å². The average molecular weight is 194 g/mol. The van der Waals surface area contributed by atoms with Gasteiger partial charge in [-0.1, -0.05) is 6.07 Å². The first-order chi connectivity index (χ1) is 6.74. The fourth-order valence-corrected chi connectivity index (χ4v) is 0.832. The number of hydrogen-bond acceptors (Lipinski definition) is 4. The van der Waals surface area contributed by atoms with Gasteiger partial charge in [-0.25, -0.2) is 4.79 Å². The van der Waals surface area contributed by atoms with Crippen LogP contribution in [0, 0.1) is 4.91 Å². The smallest absolute Gasteiger partial charge is 0.332 e. The quantitative estimate of drug-likeness (QED) is 0.573. The van der Waals surface area contributed by atoms with Crippen molar-refractivity contribution in [3.05, 3.63) is 35.0 Å². The Morgan fingerprint density at radius 2 is 2.50 bits per heavy atom. The highest BCUT2D eigenvalue weighted by molar-refractivity contribution is 5.73. The molecule has 0 spiro atoms. The fourth-order valence-electron chi connectivity index (χ4n) is 0.832. The minimum absolute atomic E-state index is 0.326. The molecule has 0 aliphatic carbocycles. The summed E-state index contributed by atoms with van der Waals surface area (Å²) in [6, 6.07) is 3.05. The maximum absolute atomic E-state index is 11.0. The molecule has 6 heteroatoms. The van der Waals surface area contributed by atoms with Crippen LogP contribution in [0.4, 0.5) is 4.79 Å². The van der Waals surface area contributed by atoms with Crippen molar-refractivity contribution in [3.8, 4) is 0 Å². The number of amides is 2. The van der Waals surface area contributed by atoms with E-state index in [1.807, 2.05) is 6.07 Å². The van der Waals surface area contributed by atoms with Crippen molar-refractivity contribution in [1.29, 1.82) is 0 Å². The summed E-state index contributed by atoms with van der Waals surface area (Å²) in [5.41, 5.74) is 0.861. The van der Waals surface area contributed by atoms with Gasteiger partial charge in [0.1, 0.15) is 0 Å². The molecule has 1 aromatic rings. The Kier molecular flexibility index (Phi) is 3.54. The fraction of sp³-hybridized carbons (Fsp3) is 0.250. The van der Waals surface area contributed by atoms with Gasteiger partial charge < -0.3 is 5.32 Å². The molecule has 1 heterocycles. The highest BCUT2D eigenvalue weighted by Crippen LogP contribution is 1.95. The average Bonchev–Trinajstić information content (AvgIpc) is 2.26. The lowest BCUT2D eigenvalue weighted by atomic mass is 10.3. The van der Waals surface area contributed by atoms with Gasteiger partial charge in [0.05, 0.1) is 5.29 Å². The SMILES string of the molecule is CN(N=O)C(=O)NCc1cccnc1. The lowest BCUT2D eigenvalue weighted by molar-refractivity contribution is 0.209. The van der Waals surface area contributed by atoms with Crippen molar-refractivity contribution in [1.82, 2.24) is 15.3 Å². The van der Waals surface area contributed by atoms with E-state index in [4.69, 9.17) is 0 Å². The summed E-state index contributed by atoms with van der Waals surface area (Å²) in [7, 11) is 1.28. The Balaban J connectivity index is 2.42. The molecule has 0 saturated heterocycles. The van der Waals surface area contributed by atoms with Crippen LogP contribution in [0.15, 0.2) is 29.8 Å². The summed E-state index contributed by atoms with van der Waals surface area (Å²) in [5.74, 6) is 0. The van der Waals surface area contributed by atoms with E-state index in [1.54, 1.807) is 18.5 Å². The molecule has 1 aromatic heterocycles. The molecular weight excluding hydrogens is 184 g/mol. The number of nitroso groups, excluding NO2 is 1. The molecule has 0 aromatic carbocycles. The minimum atomic E-state index is -0.538. The number of rotatable bonds is 3. The Labute approximate surface area is 80.9 Å². The first-order valence-electron chi connectivity index (χ1n) is 3.98. The van der Waals surface area contributed by atoms with Gasteiger partial charge in [0.25, 0.3) is 0 Å². The Morgan fingerprint density at radius 3 is 3.07 bits per heavy atom. The van der Waals surface area contributed by atoms with E-state index in [9.17, 15) is 9.70 Å². The zero-order valence-electron chi connectivity index (χ0n) is 7.67. The van der Waals surface area contributed by atoms with Gasteiger partial charge in [-0.2, -0.15) is 5.01 Å². The van der Waals surface area contributed by atoms with Crippen LogP contribution in [0.25, 0.3) is 0 Å². The van der Waals surface area contributed by atoms with E-state index in [2.05, 4.69) is 15.6 Å².